The number of ether oxygens (including phenoxy) is 1. The number of nitrogens with zero attached hydrogens (tertiary/aromatic N) is 1. The Labute approximate surface area is 163 Å². The van der Waals surface area contributed by atoms with Crippen LogP contribution in [0.4, 0.5) is 4.79 Å². The fourth-order valence-electron chi connectivity index (χ4n) is 2.45. The first-order chi connectivity index (χ1) is 13.0. The van der Waals surface area contributed by atoms with Gasteiger partial charge >= 0.3 is 6.03 Å². The number of urea groups is 1. The molecule has 0 aliphatic carbocycles. The molecular weight excluding hydrogens is 364 g/mol. The van der Waals surface area contributed by atoms with E-state index >= 15 is 0 Å². The lowest BCUT2D eigenvalue weighted by molar-refractivity contribution is 0.0948. The number of hydrogen-bond acceptors (Lipinski definition) is 5. The van der Waals surface area contributed by atoms with Gasteiger partial charge in [-0.2, -0.15) is 0 Å². The molecule has 2 rings (SSSR count). The average Bonchev–Trinajstić information content (AvgIpc) is 3.08. The highest BCUT2D eigenvalue weighted by molar-refractivity contribution is 7.09. The number of aromatic nitrogens is 1. The first-order valence-corrected chi connectivity index (χ1v) is 9.81. The Kier molecular flexibility index (Phi) is 8.06. The average molecular weight is 391 g/mol. The summed E-state index contributed by atoms with van der Waals surface area (Å²) in [4.78, 5) is 27.7. The van der Waals surface area contributed by atoms with Crippen molar-refractivity contribution in [1.29, 1.82) is 0 Å². The van der Waals surface area contributed by atoms with E-state index in [4.69, 9.17) is 4.74 Å². The molecule has 2 aromatic rings. The Morgan fingerprint density at radius 3 is 2.48 bits per heavy atom. The molecule has 3 amide bonds. The molecule has 0 bridgehead atoms. The molecule has 0 radical (unpaired) electrons. The van der Waals surface area contributed by atoms with Crippen LogP contribution in [0.2, 0.25) is 0 Å². The van der Waals surface area contributed by atoms with E-state index in [1.165, 1.54) is 11.3 Å². The molecule has 1 heterocycles. The third-order valence-corrected chi connectivity index (χ3v) is 4.43. The highest BCUT2D eigenvalue weighted by atomic mass is 32.1. The molecule has 0 saturated carbocycles. The van der Waals surface area contributed by atoms with Crippen LogP contribution in [0.25, 0.3) is 0 Å². The number of hydrogen-bond donors (Lipinski definition) is 3. The Hall–Kier alpha value is -2.61. The maximum atomic E-state index is 12.1. The minimum atomic E-state index is -0.220. The molecule has 0 aliphatic rings. The molecule has 1 aromatic heterocycles. The first kappa shape index (κ1) is 20.7. The van der Waals surface area contributed by atoms with Gasteiger partial charge < -0.3 is 20.7 Å². The second-order valence-corrected chi connectivity index (χ2v) is 7.08. The van der Waals surface area contributed by atoms with Gasteiger partial charge in [-0.3, -0.25) is 4.79 Å². The van der Waals surface area contributed by atoms with Gasteiger partial charge in [0.1, 0.15) is 23.1 Å². The van der Waals surface area contributed by atoms with E-state index < -0.39 is 0 Å². The summed E-state index contributed by atoms with van der Waals surface area (Å²) in [5, 5.41) is 10.6. The van der Waals surface area contributed by atoms with Crippen molar-refractivity contribution in [3.63, 3.8) is 0 Å². The van der Waals surface area contributed by atoms with Gasteiger partial charge in [-0.25, -0.2) is 9.78 Å². The van der Waals surface area contributed by atoms with E-state index in [9.17, 15) is 9.59 Å². The highest BCUT2D eigenvalue weighted by Gasteiger charge is 2.11. The normalized spacial score (nSPS) is 10.3. The van der Waals surface area contributed by atoms with E-state index in [0.717, 1.165) is 21.9 Å². The minimum absolute atomic E-state index is 0.197. The summed E-state index contributed by atoms with van der Waals surface area (Å²) in [5.74, 6) is 0.579. The Bertz CT molecular complexity index is 756. The summed E-state index contributed by atoms with van der Waals surface area (Å²) in [6.07, 6.45) is 0.649. The van der Waals surface area contributed by atoms with Gasteiger partial charge in [-0.05, 0) is 50.5 Å². The number of amides is 3. The van der Waals surface area contributed by atoms with Crippen LogP contribution in [-0.2, 0) is 6.61 Å². The predicted molar refractivity (Wildman–Crippen MR) is 106 cm³/mol. The number of rotatable bonds is 9. The van der Waals surface area contributed by atoms with Crippen LogP contribution in [0.5, 0.6) is 5.75 Å². The van der Waals surface area contributed by atoms with Gasteiger partial charge in [0.2, 0.25) is 0 Å². The Balaban J connectivity index is 1.72. The first-order valence-electron chi connectivity index (χ1n) is 8.93. The number of carbonyl (C=O) groups is 2. The third-order valence-electron chi connectivity index (χ3n) is 3.60. The zero-order valence-corrected chi connectivity index (χ0v) is 16.7. The molecule has 0 spiro atoms. The van der Waals surface area contributed by atoms with Crippen molar-refractivity contribution in [2.24, 2.45) is 0 Å². The molecule has 3 N–H and O–H groups in total. The standard InChI is InChI=1S/C19H26N4O3S/c1-4-20-19(25)22-7-5-6-21-18(24)16-12-27-17(23-16)11-26-15-9-13(2)8-14(3)10-15/h8-10,12H,4-7,11H2,1-3H3,(H,21,24)(H2,20,22,25). The molecule has 0 aliphatic heterocycles. The Morgan fingerprint density at radius 1 is 1.07 bits per heavy atom. The summed E-state index contributed by atoms with van der Waals surface area (Å²) >= 11 is 1.40. The molecule has 1 aromatic carbocycles. The third kappa shape index (κ3) is 7.26. The number of aryl methyl sites for hydroxylation is 2. The molecule has 0 unspecified atom stereocenters. The van der Waals surface area contributed by atoms with Gasteiger partial charge in [0, 0.05) is 25.0 Å². The van der Waals surface area contributed by atoms with Gasteiger partial charge in [0.25, 0.3) is 5.91 Å². The Morgan fingerprint density at radius 2 is 1.78 bits per heavy atom. The van der Waals surface area contributed by atoms with Crippen molar-refractivity contribution in [1.82, 2.24) is 20.9 Å². The zero-order chi connectivity index (χ0) is 19.6. The van der Waals surface area contributed by atoms with Crippen LogP contribution in [0.3, 0.4) is 0 Å². The SMILES string of the molecule is CCNC(=O)NCCCNC(=O)c1csc(COc2cc(C)cc(C)c2)n1. The molecule has 0 fully saturated rings. The van der Waals surface area contributed by atoms with Crippen LogP contribution >= 0.6 is 11.3 Å². The minimum Gasteiger partial charge on any atom is -0.486 e. The van der Waals surface area contributed by atoms with Crippen LogP contribution < -0.4 is 20.7 Å². The number of nitrogens with one attached hydrogen (secondary N) is 3. The smallest absolute Gasteiger partial charge is 0.314 e. The van der Waals surface area contributed by atoms with Crippen LogP contribution in [0.1, 0.15) is 40.0 Å². The largest absolute Gasteiger partial charge is 0.486 e. The second-order valence-electron chi connectivity index (χ2n) is 6.13. The molecule has 146 valence electrons. The summed E-state index contributed by atoms with van der Waals surface area (Å²) in [7, 11) is 0. The van der Waals surface area contributed by atoms with E-state index in [1.54, 1.807) is 5.38 Å². The molecular formula is C19H26N4O3S. The van der Waals surface area contributed by atoms with Crippen molar-refractivity contribution in [2.45, 2.75) is 33.8 Å². The van der Waals surface area contributed by atoms with E-state index in [2.05, 4.69) is 27.0 Å². The number of benzene rings is 1. The lowest BCUT2D eigenvalue weighted by Crippen LogP contribution is -2.37. The lowest BCUT2D eigenvalue weighted by Gasteiger charge is -2.07. The monoisotopic (exact) mass is 390 g/mol. The van der Waals surface area contributed by atoms with Crippen LogP contribution in [0, 0.1) is 13.8 Å². The van der Waals surface area contributed by atoms with Gasteiger partial charge in [-0.15, -0.1) is 11.3 Å². The quantitative estimate of drug-likeness (QED) is 0.574. The molecule has 27 heavy (non-hydrogen) atoms. The second kappa shape index (κ2) is 10.5. The van der Waals surface area contributed by atoms with Crippen molar-refractivity contribution in [3.05, 3.63) is 45.4 Å². The fraction of sp³-hybridized carbons (Fsp3) is 0.421. The summed E-state index contributed by atoms with van der Waals surface area (Å²) in [6, 6.07) is 5.84. The van der Waals surface area contributed by atoms with Crippen molar-refractivity contribution >= 4 is 23.3 Å². The molecule has 7 nitrogen and oxygen atoms in total. The molecule has 0 atom stereocenters. The lowest BCUT2D eigenvalue weighted by atomic mass is 10.1. The molecule has 0 saturated heterocycles. The highest BCUT2D eigenvalue weighted by Crippen LogP contribution is 2.19. The van der Waals surface area contributed by atoms with Gasteiger partial charge in [0.15, 0.2) is 0 Å². The molecule has 8 heteroatoms. The maximum Gasteiger partial charge on any atom is 0.314 e. The van der Waals surface area contributed by atoms with E-state index in [0.29, 0.717) is 38.4 Å². The summed E-state index contributed by atoms with van der Waals surface area (Å²) in [5.41, 5.74) is 2.67. The van der Waals surface area contributed by atoms with E-state index in [-0.39, 0.29) is 11.9 Å². The maximum absolute atomic E-state index is 12.1. The topological polar surface area (TPSA) is 92.4 Å². The van der Waals surface area contributed by atoms with Gasteiger partial charge in [0.05, 0.1) is 0 Å². The number of carbonyl (C=O) groups excluding carboxylic acids is 2. The van der Waals surface area contributed by atoms with Crippen molar-refractivity contribution in [3.8, 4) is 5.75 Å². The van der Waals surface area contributed by atoms with Crippen molar-refractivity contribution < 1.29 is 14.3 Å². The zero-order valence-electron chi connectivity index (χ0n) is 15.9. The number of thiazole rings is 1. The van der Waals surface area contributed by atoms with Crippen LogP contribution in [0.15, 0.2) is 23.6 Å². The van der Waals surface area contributed by atoms with Crippen molar-refractivity contribution in [2.75, 3.05) is 19.6 Å². The predicted octanol–water partition coefficient (Wildman–Crippen LogP) is 2.78. The summed E-state index contributed by atoms with van der Waals surface area (Å²) in [6.45, 7) is 7.79. The summed E-state index contributed by atoms with van der Waals surface area (Å²) < 4.78 is 5.77. The van der Waals surface area contributed by atoms with E-state index in [1.807, 2.05) is 32.9 Å². The van der Waals surface area contributed by atoms with Crippen LogP contribution in [-0.4, -0.2) is 36.6 Å². The van der Waals surface area contributed by atoms with Gasteiger partial charge in [-0.1, -0.05) is 6.07 Å². The fourth-order valence-corrected chi connectivity index (χ4v) is 3.13.